The summed E-state index contributed by atoms with van der Waals surface area (Å²) in [5.41, 5.74) is 10.4. The number of pyridine rings is 2. The van der Waals surface area contributed by atoms with Crippen molar-refractivity contribution in [3.05, 3.63) is 41.6 Å². The molecule has 2 aromatic heterocycles. The van der Waals surface area contributed by atoms with Crippen LogP contribution in [-0.2, 0) is 16.0 Å². The van der Waals surface area contributed by atoms with E-state index >= 15 is 0 Å². The smallest absolute Gasteiger partial charge is 0.231 e. The molecule has 0 saturated heterocycles. The Bertz CT molecular complexity index is 1210. The van der Waals surface area contributed by atoms with Gasteiger partial charge in [-0.05, 0) is 54.1 Å². The first-order valence-electron chi connectivity index (χ1n) is 9.34. The van der Waals surface area contributed by atoms with Gasteiger partial charge >= 0.3 is 0 Å². The van der Waals surface area contributed by atoms with E-state index in [2.05, 4.69) is 20.6 Å². The average Bonchev–Trinajstić information content (AvgIpc) is 3.29. The van der Waals surface area contributed by atoms with Crippen molar-refractivity contribution in [2.75, 3.05) is 16.4 Å². The second kappa shape index (κ2) is 6.23. The van der Waals surface area contributed by atoms with Gasteiger partial charge in [-0.2, -0.15) is 0 Å². The summed E-state index contributed by atoms with van der Waals surface area (Å²) in [6.45, 7) is 1.95. The fraction of sp³-hybridized carbons (Fsp3) is 0.238. The molecule has 1 aromatic carbocycles. The number of alkyl halides is 1. The summed E-state index contributed by atoms with van der Waals surface area (Å²) >= 11 is 0. The van der Waals surface area contributed by atoms with Crippen molar-refractivity contribution in [1.29, 1.82) is 0 Å². The second-order valence-corrected chi connectivity index (χ2v) is 7.58. The Labute approximate surface area is 165 Å². The molecular formula is C21H18FN5O2. The van der Waals surface area contributed by atoms with Crippen molar-refractivity contribution in [1.82, 2.24) is 9.97 Å². The van der Waals surface area contributed by atoms with Gasteiger partial charge in [0, 0.05) is 22.8 Å². The van der Waals surface area contributed by atoms with Gasteiger partial charge < -0.3 is 16.4 Å². The molecule has 2 atom stereocenters. The molecular weight excluding hydrogens is 373 g/mol. The number of hydrogen-bond donors (Lipinski definition) is 3. The minimum absolute atomic E-state index is 0.0276. The molecule has 5 rings (SSSR count). The highest BCUT2D eigenvalue weighted by molar-refractivity contribution is 6.01. The first-order chi connectivity index (χ1) is 13.9. The van der Waals surface area contributed by atoms with Crippen LogP contribution in [0.4, 0.5) is 21.7 Å². The maximum atomic E-state index is 13.1. The molecule has 8 heteroatoms. The lowest BCUT2D eigenvalue weighted by Crippen LogP contribution is -2.15. The number of aryl methyl sites for hydroxylation is 1. The SMILES string of the molecule is Cc1cc2c(cc1-c1cc3cc(NC(=O)[C@H]4C[C@H]4F)ncc3c(N)n1)CC(=O)N2. The lowest BCUT2D eigenvalue weighted by atomic mass is 9.99. The van der Waals surface area contributed by atoms with Crippen LogP contribution in [0, 0.1) is 12.8 Å². The molecule has 7 nitrogen and oxygen atoms in total. The minimum atomic E-state index is -1.06. The van der Waals surface area contributed by atoms with Gasteiger partial charge in [-0.1, -0.05) is 0 Å². The molecule has 0 radical (unpaired) electrons. The number of carbonyl (C=O) groups excluding carboxylic acids is 2. The van der Waals surface area contributed by atoms with E-state index in [4.69, 9.17) is 5.73 Å². The van der Waals surface area contributed by atoms with E-state index in [1.807, 2.05) is 25.1 Å². The molecule has 4 N–H and O–H groups in total. The van der Waals surface area contributed by atoms with Gasteiger partial charge in [-0.25, -0.2) is 14.4 Å². The molecule has 146 valence electrons. The molecule has 0 unspecified atom stereocenters. The topological polar surface area (TPSA) is 110 Å². The van der Waals surface area contributed by atoms with Crippen LogP contribution in [0.2, 0.25) is 0 Å². The molecule has 1 aliphatic carbocycles. The molecule has 29 heavy (non-hydrogen) atoms. The summed E-state index contributed by atoms with van der Waals surface area (Å²) < 4.78 is 13.1. The highest BCUT2D eigenvalue weighted by Gasteiger charge is 2.43. The Morgan fingerprint density at radius 3 is 2.86 bits per heavy atom. The van der Waals surface area contributed by atoms with Crippen molar-refractivity contribution in [3.63, 3.8) is 0 Å². The van der Waals surface area contributed by atoms with Crippen LogP contribution < -0.4 is 16.4 Å². The Balaban J connectivity index is 1.54. The maximum absolute atomic E-state index is 13.1. The maximum Gasteiger partial charge on any atom is 0.231 e. The third-order valence-electron chi connectivity index (χ3n) is 5.40. The summed E-state index contributed by atoms with van der Waals surface area (Å²) in [5, 5.41) is 6.93. The van der Waals surface area contributed by atoms with E-state index in [1.165, 1.54) is 0 Å². The molecule has 0 spiro atoms. The standard InChI is InChI=1S/C21H18FN5O2/c1-9-2-16-11(6-19(28)25-16)3-12(9)17-4-10-5-18(24-8-14(10)20(23)26-17)27-21(29)13-7-15(13)22/h2-5,8,13,15H,6-7H2,1H3,(H2,23,26)(H,25,28)(H,24,27,29)/t13-,15+/m0/s1. The zero-order valence-electron chi connectivity index (χ0n) is 15.6. The van der Waals surface area contributed by atoms with E-state index in [1.54, 1.807) is 12.3 Å². The van der Waals surface area contributed by atoms with Crippen molar-refractivity contribution in [2.24, 2.45) is 5.92 Å². The van der Waals surface area contributed by atoms with Crippen LogP contribution in [0.5, 0.6) is 0 Å². The Hall–Kier alpha value is -3.55. The highest BCUT2D eigenvalue weighted by Crippen LogP contribution is 2.36. The number of hydrogen-bond acceptors (Lipinski definition) is 5. The molecule has 2 amide bonds. The molecule has 3 heterocycles. The summed E-state index contributed by atoms with van der Waals surface area (Å²) in [7, 11) is 0. The number of nitrogen functional groups attached to an aromatic ring is 1. The summed E-state index contributed by atoms with van der Waals surface area (Å²) in [6, 6.07) is 7.46. The van der Waals surface area contributed by atoms with Gasteiger partial charge in [0.25, 0.3) is 0 Å². The van der Waals surface area contributed by atoms with Crippen LogP contribution >= 0.6 is 0 Å². The Morgan fingerprint density at radius 1 is 1.31 bits per heavy atom. The fourth-order valence-corrected chi connectivity index (χ4v) is 3.69. The number of nitrogens with two attached hydrogens (primary N) is 1. The van der Waals surface area contributed by atoms with Crippen LogP contribution in [0.1, 0.15) is 17.5 Å². The normalized spacial score (nSPS) is 19.7. The van der Waals surface area contributed by atoms with Crippen molar-refractivity contribution >= 4 is 39.9 Å². The van der Waals surface area contributed by atoms with E-state index in [9.17, 15) is 14.0 Å². The van der Waals surface area contributed by atoms with Crippen LogP contribution in [-0.4, -0.2) is 28.0 Å². The minimum Gasteiger partial charge on any atom is -0.383 e. The lowest BCUT2D eigenvalue weighted by Gasteiger charge is -2.12. The van der Waals surface area contributed by atoms with Crippen LogP contribution in [0.25, 0.3) is 22.0 Å². The van der Waals surface area contributed by atoms with Crippen LogP contribution in [0.3, 0.4) is 0 Å². The molecule has 1 saturated carbocycles. The summed E-state index contributed by atoms with van der Waals surface area (Å²) in [5.74, 6) is -0.309. The first kappa shape index (κ1) is 17.5. The van der Waals surface area contributed by atoms with Gasteiger partial charge in [0.05, 0.1) is 18.0 Å². The molecule has 3 aromatic rings. The van der Waals surface area contributed by atoms with Crippen molar-refractivity contribution in [2.45, 2.75) is 25.9 Å². The Morgan fingerprint density at radius 2 is 2.10 bits per heavy atom. The van der Waals surface area contributed by atoms with Gasteiger partial charge in [0.2, 0.25) is 11.8 Å². The number of halogens is 1. The van der Waals surface area contributed by atoms with Gasteiger partial charge in [0.15, 0.2) is 0 Å². The van der Waals surface area contributed by atoms with E-state index in [0.29, 0.717) is 29.1 Å². The predicted molar refractivity (Wildman–Crippen MR) is 108 cm³/mol. The quantitative estimate of drug-likeness (QED) is 0.636. The average molecular weight is 391 g/mol. The number of nitrogens with one attached hydrogen (secondary N) is 2. The Kier molecular flexibility index (Phi) is 3.77. The van der Waals surface area contributed by atoms with Crippen molar-refractivity contribution in [3.8, 4) is 11.3 Å². The first-order valence-corrected chi connectivity index (χ1v) is 9.34. The van der Waals surface area contributed by atoms with E-state index < -0.39 is 12.1 Å². The monoisotopic (exact) mass is 391 g/mol. The number of rotatable bonds is 3. The zero-order valence-corrected chi connectivity index (χ0v) is 15.6. The number of anilines is 3. The summed E-state index contributed by atoms with van der Waals surface area (Å²) in [6.07, 6.45) is 1.08. The number of aromatic nitrogens is 2. The third kappa shape index (κ3) is 3.06. The van der Waals surface area contributed by atoms with Gasteiger partial charge in [-0.15, -0.1) is 0 Å². The number of carbonyl (C=O) groups is 2. The fourth-order valence-electron chi connectivity index (χ4n) is 3.69. The second-order valence-electron chi connectivity index (χ2n) is 7.58. The largest absolute Gasteiger partial charge is 0.383 e. The number of benzene rings is 1. The molecule has 0 bridgehead atoms. The van der Waals surface area contributed by atoms with Gasteiger partial charge in [-0.3, -0.25) is 9.59 Å². The third-order valence-corrected chi connectivity index (χ3v) is 5.40. The molecule has 1 fully saturated rings. The highest BCUT2D eigenvalue weighted by atomic mass is 19.1. The zero-order chi connectivity index (χ0) is 20.3. The lowest BCUT2D eigenvalue weighted by molar-refractivity contribution is -0.117. The molecule has 2 aliphatic rings. The van der Waals surface area contributed by atoms with Crippen LogP contribution in [0.15, 0.2) is 30.5 Å². The molecule has 1 aliphatic heterocycles. The summed E-state index contributed by atoms with van der Waals surface area (Å²) in [4.78, 5) is 32.4. The van der Waals surface area contributed by atoms with E-state index in [0.717, 1.165) is 27.8 Å². The number of fused-ring (bicyclic) bond motifs is 2. The predicted octanol–water partition coefficient (Wildman–Crippen LogP) is 2.98. The number of amides is 2. The van der Waals surface area contributed by atoms with E-state index in [-0.39, 0.29) is 18.2 Å². The number of nitrogens with zero attached hydrogens (tertiary/aromatic N) is 2. The van der Waals surface area contributed by atoms with Crippen molar-refractivity contribution < 1.29 is 14.0 Å². The van der Waals surface area contributed by atoms with Gasteiger partial charge in [0.1, 0.15) is 17.8 Å².